The van der Waals surface area contributed by atoms with Crippen molar-refractivity contribution in [3.63, 3.8) is 0 Å². The highest BCUT2D eigenvalue weighted by atomic mass is 19.1. The van der Waals surface area contributed by atoms with Crippen LogP contribution in [0.5, 0.6) is 0 Å². The maximum absolute atomic E-state index is 14.1. The van der Waals surface area contributed by atoms with Crippen LogP contribution in [0.3, 0.4) is 0 Å². The van der Waals surface area contributed by atoms with E-state index in [0.29, 0.717) is 16.8 Å². The van der Waals surface area contributed by atoms with Crippen LogP contribution in [-0.4, -0.2) is 19.0 Å². The van der Waals surface area contributed by atoms with Crippen molar-refractivity contribution in [3.8, 4) is 0 Å². The van der Waals surface area contributed by atoms with Gasteiger partial charge in [0.25, 0.3) is 5.91 Å². The van der Waals surface area contributed by atoms with Crippen LogP contribution in [0.1, 0.15) is 36.8 Å². The molecule has 2 aliphatic rings. The molecule has 2 aliphatic heterocycles. The quantitative estimate of drug-likeness (QED) is 0.759. The van der Waals surface area contributed by atoms with Crippen molar-refractivity contribution in [2.24, 2.45) is 0 Å². The molecule has 0 atom stereocenters. The number of hydrogen-bond donors (Lipinski definition) is 2. The Labute approximate surface area is 159 Å². The van der Waals surface area contributed by atoms with Crippen molar-refractivity contribution in [2.75, 3.05) is 28.6 Å². The first-order chi connectivity index (χ1) is 13.1. The van der Waals surface area contributed by atoms with E-state index < -0.39 is 5.82 Å². The predicted molar refractivity (Wildman–Crippen MR) is 108 cm³/mol. The van der Waals surface area contributed by atoms with Crippen molar-refractivity contribution < 1.29 is 9.18 Å². The van der Waals surface area contributed by atoms with E-state index in [2.05, 4.69) is 34.6 Å². The molecule has 0 saturated carbocycles. The molecule has 1 saturated heterocycles. The molecule has 4 rings (SSSR count). The minimum Gasteiger partial charge on any atom is -0.371 e. The number of amides is 1. The summed E-state index contributed by atoms with van der Waals surface area (Å²) < 4.78 is 14.1. The molecule has 0 spiro atoms. The Balaban J connectivity index is 1.55. The molecule has 27 heavy (non-hydrogen) atoms. The van der Waals surface area contributed by atoms with E-state index in [0.717, 1.165) is 18.8 Å². The van der Waals surface area contributed by atoms with Crippen molar-refractivity contribution in [2.45, 2.75) is 32.6 Å². The molecule has 5 heteroatoms. The minimum absolute atomic E-state index is 0.291. The van der Waals surface area contributed by atoms with Gasteiger partial charge < -0.3 is 15.5 Å². The van der Waals surface area contributed by atoms with E-state index in [1.165, 1.54) is 43.0 Å². The van der Waals surface area contributed by atoms with Crippen molar-refractivity contribution in [1.82, 2.24) is 0 Å². The van der Waals surface area contributed by atoms with Crippen molar-refractivity contribution in [3.05, 3.63) is 59.5 Å². The van der Waals surface area contributed by atoms with E-state index in [4.69, 9.17) is 0 Å². The van der Waals surface area contributed by atoms with Gasteiger partial charge in [0.05, 0.1) is 11.3 Å². The number of fused-ring (bicyclic) bond motifs is 1. The third-order valence-electron chi connectivity index (χ3n) is 5.30. The molecule has 2 N–H and O–H groups in total. The van der Waals surface area contributed by atoms with Gasteiger partial charge in [-0.2, -0.15) is 0 Å². The van der Waals surface area contributed by atoms with Crippen LogP contribution in [0.25, 0.3) is 5.57 Å². The normalized spacial score (nSPS) is 18.2. The van der Waals surface area contributed by atoms with E-state index >= 15 is 0 Å². The summed E-state index contributed by atoms with van der Waals surface area (Å²) in [5.74, 6) is -0.688. The fraction of sp³-hybridized carbons (Fsp3) is 0.318. The summed E-state index contributed by atoms with van der Waals surface area (Å²) in [6.07, 6.45) is 6.69. The molecule has 1 amide bonds. The minimum atomic E-state index is -0.397. The molecule has 2 aromatic carbocycles. The Kier molecular flexibility index (Phi) is 4.84. The second kappa shape index (κ2) is 7.43. The summed E-state index contributed by atoms with van der Waals surface area (Å²) in [5, 5.41) is 5.86. The summed E-state index contributed by atoms with van der Waals surface area (Å²) >= 11 is 0. The lowest BCUT2D eigenvalue weighted by Crippen LogP contribution is -2.24. The van der Waals surface area contributed by atoms with E-state index in [1.54, 1.807) is 18.3 Å². The van der Waals surface area contributed by atoms with Gasteiger partial charge >= 0.3 is 0 Å². The van der Waals surface area contributed by atoms with Crippen molar-refractivity contribution in [1.29, 1.82) is 0 Å². The molecule has 0 unspecified atom stereocenters. The second-order valence-corrected chi connectivity index (χ2v) is 7.22. The van der Waals surface area contributed by atoms with Crippen LogP contribution in [-0.2, 0) is 4.79 Å². The lowest BCUT2D eigenvalue weighted by Gasteiger charge is -2.25. The van der Waals surface area contributed by atoms with Gasteiger partial charge in [-0.1, -0.05) is 18.9 Å². The zero-order valence-corrected chi connectivity index (χ0v) is 15.5. The highest BCUT2D eigenvalue weighted by Gasteiger charge is 2.27. The van der Waals surface area contributed by atoms with Gasteiger partial charge in [-0.05, 0) is 55.7 Å². The first kappa shape index (κ1) is 17.6. The number of hydrogen-bond acceptors (Lipinski definition) is 3. The SMILES string of the molecule is Cc1cc(NC=C2C(=O)Nc3cccc(F)c32)ccc1N1CCCCCC1. The van der Waals surface area contributed by atoms with Crippen LogP contribution in [0.4, 0.5) is 21.5 Å². The maximum Gasteiger partial charge on any atom is 0.257 e. The van der Waals surface area contributed by atoms with Gasteiger partial charge in [0.1, 0.15) is 5.82 Å². The Morgan fingerprint density at radius 3 is 2.63 bits per heavy atom. The summed E-state index contributed by atoms with van der Waals surface area (Å²) in [5.41, 5.74) is 4.51. The second-order valence-electron chi connectivity index (χ2n) is 7.22. The van der Waals surface area contributed by atoms with Gasteiger partial charge in [-0.3, -0.25) is 4.79 Å². The third-order valence-corrected chi connectivity index (χ3v) is 5.30. The zero-order valence-electron chi connectivity index (χ0n) is 15.5. The highest BCUT2D eigenvalue weighted by molar-refractivity contribution is 6.31. The van der Waals surface area contributed by atoms with E-state index in [-0.39, 0.29) is 5.91 Å². The van der Waals surface area contributed by atoms with Gasteiger partial charge in [0.15, 0.2) is 0 Å². The van der Waals surface area contributed by atoms with Crippen LogP contribution >= 0.6 is 0 Å². The topological polar surface area (TPSA) is 44.4 Å². The Bertz CT molecular complexity index is 898. The van der Waals surface area contributed by atoms with Crippen LogP contribution in [0.15, 0.2) is 42.6 Å². The summed E-state index contributed by atoms with van der Waals surface area (Å²) in [7, 11) is 0. The molecule has 2 aromatic rings. The zero-order chi connectivity index (χ0) is 18.8. The summed E-state index contributed by atoms with van der Waals surface area (Å²) in [6, 6.07) is 10.9. The van der Waals surface area contributed by atoms with Gasteiger partial charge in [0.2, 0.25) is 0 Å². The monoisotopic (exact) mass is 365 g/mol. The highest BCUT2D eigenvalue weighted by Crippen LogP contribution is 2.34. The number of rotatable bonds is 3. The fourth-order valence-corrected chi connectivity index (χ4v) is 3.91. The van der Waals surface area contributed by atoms with Gasteiger partial charge in [-0.25, -0.2) is 4.39 Å². The molecule has 140 valence electrons. The third kappa shape index (κ3) is 3.54. The fourth-order valence-electron chi connectivity index (χ4n) is 3.91. The Morgan fingerprint density at radius 1 is 1.11 bits per heavy atom. The molecule has 4 nitrogen and oxygen atoms in total. The number of nitrogens with zero attached hydrogens (tertiary/aromatic N) is 1. The van der Waals surface area contributed by atoms with Crippen LogP contribution in [0.2, 0.25) is 0 Å². The van der Waals surface area contributed by atoms with E-state index in [9.17, 15) is 9.18 Å². The van der Waals surface area contributed by atoms with Gasteiger partial charge in [0, 0.05) is 36.2 Å². The largest absolute Gasteiger partial charge is 0.371 e. The molecule has 0 aromatic heterocycles. The Morgan fingerprint density at radius 2 is 1.89 bits per heavy atom. The number of benzene rings is 2. The smallest absolute Gasteiger partial charge is 0.257 e. The van der Waals surface area contributed by atoms with E-state index in [1.807, 2.05) is 6.07 Å². The van der Waals surface area contributed by atoms with Crippen LogP contribution in [0, 0.1) is 12.7 Å². The summed E-state index contributed by atoms with van der Waals surface area (Å²) in [6.45, 7) is 4.32. The molecular weight excluding hydrogens is 341 g/mol. The lowest BCUT2D eigenvalue weighted by molar-refractivity contribution is -0.110. The number of aryl methyl sites for hydroxylation is 1. The first-order valence-corrected chi connectivity index (χ1v) is 9.56. The number of anilines is 3. The first-order valence-electron chi connectivity index (χ1n) is 9.56. The number of nitrogens with one attached hydrogen (secondary N) is 2. The number of carbonyl (C=O) groups is 1. The molecule has 0 radical (unpaired) electrons. The summed E-state index contributed by atoms with van der Waals surface area (Å²) in [4.78, 5) is 14.6. The van der Waals surface area contributed by atoms with Gasteiger partial charge in [-0.15, -0.1) is 0 Å². The van der Waals surface area contributed by atoms with Crippen LogP contribution < -0.4 is 15.5 Å². The standard InChI is InChI=1S/C22H24FN3O/c1-15-13-16(9-10-20(15)26-11-4-2-3-5-12-26)24-14-17-21-18(23)7-6-8-19(21)25-22(17)27/h6-10,13-14,24H,2-5,11-12H2,1H3,(H,25,27). The van der Waals surface area contributed by atoms with Crippen molar-refractivity contribution >= 4 is 28.5 Å². The predicted octanol–water partition coefficient (Wildman–Crippen LogP) is 4.92. The average Bonchev–Trinajstić information content (AvgIpc) is 2.82. The lowest BCUT2D eigenvalue weighted by atomic mass is 10.1. The average molecular weight is 365 g/mol. The molecule has 2 heterocycles. The number of carbonyl (C=O) groups excluding carboxylic acids is 1. The maximum atomic E-state index is 14.1. The molecule has 0 bridgehead atoms. The molecule has 1 fully saturated rings. The number of halogens is 1. The molecular formula is C22H24FN3O. The molecule has 0 aliphatic carbocycles. The Hall–Kier alpha value is -2.82.